The SMILES string of the molecule is CC1(O)C=CC=C(C=CC(=O)c2ccccc2)C1. The molecular weight excluding hydrogens is 224 g/mol. The van der Waals surface area contributed by atoms with Crippen LogP contribution >= 0.6 is 0 Å². The molecule has 0 spiro atoms. The molecule has 2 nitrogen and oxygen atoms in total. The Labute approximate surface area is 107 Å². The molecule has 0 amide bonds. The highest BCUT2D eigenvalue weighted by molar-refractivity contribution is 6.04. The molecule has 1 aromatic carbocycles. The summed E-state index contributed by atoms with van der Waals surface area (Å²) in [6.07, 6.45) is 9.33. The van der Waals surface area contributed by atoms with Crippen LogP contribution in [-0.2, 0) is 0 Å². The van der Waals surface area contributed by atoms with Gasteiger partial charge in [-0.25, -0.2) is 0 Å². The third kappa shape index (κ3) is 3.28. The first-order valence-corrected chi connectivity index (χ1v) is 5.95. The zero-order valence-electron chi connectivity index (χ0n) is 10.3. The van der Waals surface area contributed by atoms with E-state index in [2.05, 4.69) is 0 Å². The lowest BCUT2D eigenvalue weighted by Gasteiger charge is -2.22. The van der Waals surface area contributed by atoms with E-state index in [9.17, 15) is 9.90 Å². The van der Waals surface area contributed by atoms with Crippen LogP contribution in [-0.4, -0.2) is 16.5 Å². The van der Waals surface area contributed by atoms with Crippen LogP contribution in [0.15, 0.2) is 66.3 Å². The summed E-state index contributed by atoms with van der Waals surface area (Å²) in [6, 6.07) is 9.14. The van der Waals surface area contributed by atoms with E-state index in [1.54, 1.807) is 37.3 Å². The summed E-state index contributed by atoms with van der Waals surface area (Å²) in [5.74, 6) is -0.0225. The third-order valence-corrected chi connectivity index (χ3v) is 2.83. The fourth-order valence-corrected chi connectivity index (χ4v) is 1.91. The van der Waals surface area contributed by atoms with Crippen LogP contribution in [0.2, 0.25) is 0 Å². The van der Waals surface area contributed by atoms with Gasteiger partial charge in [-0.15, -0.1) is 0 Å². The maximum atomic E-state index is 11.9. The van der Waals surface area contributed by atoms with Crippen molar-refractivity contribution in [2.45, 2.75) is 18.9 Å². The van der Waals surface area contributed by atoms with Gasteiger partial charge >= 0.3 is 0 Å². The number of carbonyl (C=O) groups excluding carboxylic acids is 1. The topological polar surface area (TPSA) is 37.3 Å². The maximum absolute atomic E-state index is 11.9. The van der Waals surface area contributed by atoms with Crippen LogP contribution in [0.3, 0.4) is 0 Å². The van der Waals surface area contributed by atoms with Crippen molar-refractivity contribution in [3.63, 3.8) is 0 Å². The van der Waals surface area contributed by atoms with Crippen molar-refractivity contribution < 1.29 is 9.90 Å². The molecule has 1 aliphatic carbocycles. The van der Waals surface area contributed by atoms with Gasteiger partial charge < -0.3 is 5.11 Å². The molecule has 0 heterocycles. The molecule has 2 rings (SSSR count). The van der Waals surface area contributed by atoms with Gasteiger partial charge in [-0.3, -0.25) is 4.79 Å². The molecule has 0 aliphatic heterocycles. The molecule has 0 fully saturated rings. The molecule has 1 atom stereocenters. The van der Waals surface area contributed by atoms with E-state index in [0.29, 0.717) is 12.0 Å². The van der Waals surface area contributed by atoms with Crippen LogP contribution in [0.1, 0.15) is 23.7 Å². The molecule has 0 radical (unpaired) electrons. The zero-order valence-corrected chi connectivity index (χ0v) is 10.3. The van der Waals surface area contributed by atoms with Crippen LogP contribution < -0.4 is 0 Å². The summed E-state index contributed by atoms with van der Waals surface area (Å²) in [7, 11) is 0. The van der Waals surface area contributed by atoms with Gasteiger partial charge in [0.1, 0.15) is 0 Å². The lowest BCUT2D eigenvalue weighted by atomic mass is 9.91. The fourth-order valence-electron chi connectivity index (χ4n) is 1.91. The summed E-state index contributed by atoms with van der Waals surface area (Å²) in [5, 5.41) is 9.88. The number of benzene rings is 1. The van der Waals surface area contributed by atoms with E-state index in [1.165, 1.54) is 0 Å². The predicted molar refractivity (Wildman–Crippen MR) is 72.4 cm³/mol. The Morgan fingerprint density at radius 1 is 1.33 bits per heavy atom. The van der Waals surface area contributed by atoms with Crippen LogP contribution in [0.4, 0.5) is 0 Å². The van der Waals surface area contributed by atoms with Crippen molar-refractivity contribution in [3.8, 4) is 0 Å². The minimum atomic E-state index is -0.815. The average molecular weight is 240 g/mol. The quantitative estimate of drug-likeness (QED) is 0.651. The Hall–Kier alpha value is -1.93. The second-order valence-corrected chi connectivity index (χ2v) is 4.70. The zero-order chi connectivity index (χ0) is 13.0. The van der Waals surface area contributed by atoms with E-state index >= 15 is 0 Å². The molecule has 2 heteroatoms. The number of allylic oxidation sites excluding steroid dienone is 4. The van der Waals surface area contributed by atoms with Crippen molar-refractivity contribution in [1.29, 1.82) is 0 Å². The van der Waals surface area contributed by atoms with Gasteiger partial charge in [0.25, 0.3) is 0 Å². The molecule has 0 saturated carbocycles. The highest BCUT2D eigenvalue weighted by Gasteiger charge is 2.19. The van der Waals surface area contributed by atoms with E-state index in [4.69, 9.17) is 0 Å². The van der Waals surface area contributed by atoms with Crippen molar-refractivity contribution >= 4 is 5.78 Å². The monoisotopic (exact) mass is 240 g/mol. The van der Waals surface area contributed by atoms with E-state index in [0.717, 1.165) is 5.57 Å². The number of hydrogen-bond acceptors (Lipinski definition) is 2. The first kappa shape index (κ1) is 12.5. The first-order chi connectivity index (χ1) is 8.57. The Balaban J connectivity index is 2.07. The summed E-state index contributed by atoms with van der Waals surface area (Å²) in [5.41, 5.74) is 0.809. The highest BCUT2D eigenvalue weighted by Crippen LogP contribution is 2.23. The Morgan fingerprint density at radius 3 is 2.72 bits per heavy atom. The van der Waals surface area contributed by atoms with Crippen LogP contribution in [0.25, 0.3) is 0 Å². The summed E-state index contributed by atoms with van der Waals surface area (Å²) in [4.78, 5) is 11.9. The molecular formula is C16H16O2. The van der Waals surface area contributed by atoms with Gasteiger partial charge in [0.2, 0.25) is 0 Å². The van der Waals surface area contributed by atoms with Crippen LogP contribution in [0, 0.1) is 0 Å². The number of hydrogen-bond donors (Lipinski definition) is 1. The molecule has 0 bridgehead atoms. The minimum Gasteiger partial charge on any atom is -0.386 e. The molecule has 1 aliphatic rings. The third-order valence-electron chi connectivity index (χ3n) is 2.83. The molecule has 92 valence electrons. The summed E-state index contributed by atoms with van der Waals surface area (Å²) in [6.45, 7) is 1.75. The van der Waals surface area contributed by atoms with Gasteiger partial charge in [-0.05, 0) is 18.6 Å². The van der Waals surface area contributed by atoms with Crippen LogP contribution in [0.5, 0.6) is 0 Å². The number of aliphatic hydroxyl groups is 1. The average Bonchev–Trinajstić information content (AvgIpc) is 2.36. The predicted octanol–water partition coefficient (Wildman–Crippen LogP) is 3.06. The maximum Gasteiger partial charge on any atom is 0.185 e. The van der Waals surface area contributed by atoms with Gasteiger partial charge in [-0.1, -0.05) is 54.6 Å². The standard InChI is InChI=1S/C16H16O2/c1-16(18)11-5-6-13(12-16)9-10-15(17)14-7-3-2-4-8-14/h2-11,18H,12H2,1H3. The lowest BCUT2D eigenvalue weighted by molar-refractivity contribution is 0.104. The first-order valence-electron chi connectivity index (χ1n) is 5.95. The lowest BCUT2D eigenvalue weighted by Crippen LogP contribution is -2.22. The second kappa shape index (κ2) is 5.15. The molecule has 1 N–H and O–H groups in total. The number of rotatable bonds is 3. The largest absolute Gasteiger partial charge is 0.386 e. The fraction of sp³-hybridized carbons (Fsp3) is 0.188. The van der Waals surface area contributed by atoms with Gasteiger partial charge in [0, 0.05) is 12.0 Å². The highest BCUT2D eigenvalue weighted by atomic mass is 16.3. The Morgan fingerprint density at radius 2 is 2.06 bits per heavy atom. The van der Waals surface area contributed by atoms with E-state index in [-0.39, 0.29) is 5.78 Å². The van der Waals surface area contributed by atoms with Gasteiger partial charge in [0.15, 0.2) is 5.78 Å². The minimum absolute atomic E-state index is 0.0225. The molecule has 18 heavy (non-hydrogen) atoms. The Bertz CT molecular complexity index is 519. The van der Waals surface area contributed by atoms with Gasteiger partial charge in [-0.2, -0.15) is 0 Å². The molecule has 1 aromatic rings. The molecule has 0 saturated heterocycles. The van der Waals surface area contributed by atoms with E-state index in [1.807, 2.05) is 30.4 Å². The Kier molecular flexibility index (Phi) is 3.58. The normalized spacial score (nSPS) is 23.1. The van der Waals surface area contributed by atoms with Crippen molar-refractivity contribution in [3.05, 3.63) is 71.8 Å². The van der Waals surface area contributed by atoms with Crippen molar-refractivity contribution in [2.75, 3.05) is 0 Å². The summed E-state index contributed by atoms with van der Waals surface area (Å²) >= 11 is 0. The summed E-state index contributed by atoms with van der Waals surface area (Å²) < 4.78 is 0. The number of ketones is 1. The van der Waals surface area contributed by atoms with E-state index < -0.39 is 5.60 Å². The van der Waals surface area contributed by atoms with Gasteiger partial charge in [0.05, 0.1) is 5.60 Å². The molecule has 1 unspecified atom stereocenters. The second-order valence-electron chi connectivity index (χ2n) is 4.70. The number of carbonyl (C=O) groups is 1. The van der Waals surface area contributed by atoms with Crippen molar-refractivity contribution in [1.82, 2.24) is 0 Å². The van der Waals surface area contributed by atoms with Crippen molar-refractivity contribution in [2.24, 2.45) is 0 Å². The molecule has 0 aromatic heterocycles. The smallest absolute Gasteiger partial charge is 0.185 e.